The number of rotatable bonds is 2. The Bertz CT molecular complexity index is 966. The minimum absolute atomic E-state index is 0.117. The van der Waals surface area contributed by atoms with Crippen LogP contribution in [0.25, 0.3) is 10.9 Å². The van der Waals surface area contributed by atoms with Gasteiger partial charge >= 0.3 is 0 Å². The molecule has 0 fully saturated rings. The molecule has 0 atom stereocenters. The predicted octanol–water partition coefficient (Wildman–Crippen LogP) is 4.37. The first-order chi connectivity index (χ1) is 11.1. The molecule has 2 aromatic carbocycles. The molecule has 0 radical (unpaired) electrons. The van der Waals surface area contributed by atoms with Gasteiger partial charge in [0.25, 0.3) is 5.56 Å². The lowest BCUT2D eigenvalue weighted by atomic mass is 10.1. The van der Waals surface area contributed by atoms with Crippen molar-refractivity contribution in [2.45, 2.75) is 16.7 Å². The van der Waals surface area contributed by atoms with E-state index < -0.39 is 0 Å². The average Bonchev–Trinajstić information content (AvgIpc) is 2.99. The van der Waals surface area contributed by atoms with Gasteiger partial charge in [0.15, 0.2) is 11.5 Å². The van der Waals surface area contributed by atoms with Gasteiger partial charge in [-0.1, -0.05) is 23.4 Å². The Morgan fingerprint density at radius 3 is 2.57 bits per heavy atom. The Morgan fingerprint density at radius 2 is 1.83 bits per heavy atom. The Labute approximate surface area is 141 Å². The van der Waals surface area contributed by atoms with Crippen LogP contribution >= 0.6 is 23.4 Å². The summed E-state index contributed by atoms with van der Waals surface area (Å²) in [5.74, 6) is 1.36. The molecule has 0 bridgehead atoms. The van der Waals surface area contributed by atoms with Gasteiger partial charge < -0.3 is 14.5 Å². The Morgan fingerprint density at radius 1 is 1.13 bits per heavy atom. The van der Waals surface area contributed by atoms with Crippen LogP contribution in [-0.2, 0) is 0 Å². The fourth-order valence-corrected chi connectivity index (χ4v) is 3.61. The number of H-pyrrole nitrogens is 1. The SMILES string of the molecule is Cc1c(Sc2ccc(Cl)cc2)c(=O)[nH]c2cc3c(cc12)OCO3. The lowest BCUT2D eigenvalue weighted by molar-refractivity contribution is 0.174. The predicted molar refractivity (Wildman–Crippen MR) is 91.0 cm³/mol. The quantitative estimate of drug-likeness (QED) is 0.749. The maximum Gasteiger partial charge on any atom is 0.262 e. The zero-order chi connectivity index (χ0) is 16.0. The van der Waals surface area contributed by atoms with Crippen molar-refractivity contribution in [1.82, 2.24) is 4.98 Å². The maximum absolute atomic E-state index is 12.5. The smallest absolute Gasteiger partial charge is 0.262 e. The molecule has 0 spiro atoms. The second-order valence-corrected chi connectivity index (χ2v) is 6.74. The van der Waals surface area contributed by atoms with Gasteiger partial charge in [-0.25, -0.2) is 0 Å². The number of hydrogen-bond donors (Lipinski definition) is 1. The number of fused-ring (bicyclic) bond motifs is 2. The zero-order valence-corrected chi connectivity index (χ0v) is 13.8. The highest BCUT2D eigenvalue weighted by molar-refractivity contribution is 7.99. The number of aromatic amines is 1. The molecular formula is C17H12ClNO3S. The number of aromatic nitrogens is 1. The van der Waals surface area contributed by atoms with Crippen LogP contribution in [0, 0.1) is 6.92 Å². The summed E-state index contributed by atoms with van der Waals surface area (Å²) in [4.78, 5) is 17.0. The van der Waals surface area contributed by atoms with Gasteiger partial charge in [0, 0.05) is 21.4 Å². The van der Waals surface area contributed by atoms with Gasteiger partial charge in [0.2, 0.25) is 6.79 Å². The zero-order valence-electron chi connectivity index (χ0n) is 12.2. The van der Waals surface area contributed by atoms with Gasteiger partial charge in [-0.3, -0.25) is 4.79 Å². The molecule has 0 saturated heterocycles. The number of ether oxygens (including phenoxy) is 2. The second-order valence-electron chi connectivity index (χ2n) is 5.22. The van der Waals surface area contributed by atoms with E-state index >= 15 is 0 Å². The number of nitrogens with one attached hydrogen (secondary N) is 1. The van der Waals surface area contributed by atoms with Crippen molar-refractivity contribution in [3.8, 4) is 11.5 Å². The fraction of sp³-hybridized carbons (Fsp3) is 0.118. The third kappa shape index (κ3) is 2.56. The molecule has 1 aromatic heterocycles. The van der Waals surface area contributed by atoms with Crippen LogP contribution in [-0.4, -0.2) is 11.8 Å². The molecule has 0 saturated carbocycles. The Hall–Kier alpha value is -2.11. The van der Waals surface area contributed by atoms with Crippen molar-refractivity contribution in [3.63, 3.8) is 0 Å². The van der Waals surface area contributed by atoms with Gasteiger partial charge in [-0.05, 0) is 42.8 Å². The summed E-state index contributed by atoms with van der Waals surface area (Å²) in [6, 6.07) is 11.1. The monoisotopic (exact) mass is 345 g/mol. The van der Waals surface area contributed by atoms with E-state index in [9.17, 15) is 4.79 Å². The van der Waals surface area contributed by atoms with Crippen molar-refractivity contribution in [3.05, 3.63) is 57.3 Å². The van der Waals surface area contributed by atoms with Crippen molar-refractivity contribution in [2.75, 3.05) is 6.79 Å². The molecule has 4 nitrogen and oxygen atoms in total. The first-order valence-corrected chi connectivity index (χ1v) is 8.21. The summed E-state index contributed by atoms with van der Waals surface area (Å²) in [7, 11) is 0. The van der Waals surface area contributed by atoms with E-state index in [1.54, 1.807) is 0 Å². The average molecular weight is 346 g/mol. The minimum Gasteiger partial charge on any atom is -0.454 e. The molecule has 6 heteroatoms. The van der Waals surface area contributed by atoms with E-state index in [1.165, 1.54) is 11.8 Å². The summed E-state index contributed by atoms with van der Waals surface area (Å²) in [5, 5.41) is 1.62. The standard InChI is InChI=1S/C17H12ClNO3S/c1-9-12-6-14-15(22-8-21-14)7-13(12)19-17(20)16(9)23-11-4-2-10(18)3-5-11/h2-7H,8H2,1H3,(H,19,20). The molecule has 0 amide bonds. The van der Waals surface area contributed by atoms with E-state index in [0.29, 0.717) is 21.4 Å². The first kappa shape index (κ1) is 14.5. The maximum atomic E-state index is 12.5. The van der Waals surface area contributed by atoms with Crippen LogP contribution in [0.15, 0.2) is 51.0 Å². The molecule has 1 aliphatic heterocycles. The van der Waals surface area contributed by atoms with Crippen LogP contribution in [0.1, 0.15) is 5.56 Å². The summed E-state index contributed by atoms with van der Waals surface area (Å²) >= 11 is 7.33. The van der Waals surface area contributed by atoms with E-state index in [0.717, 1.165) is 21.4 Å². The molecule has 116 valence electrons. The second kappa shape index (κ2) is 5.51. The van der Waals surface area contributed by atoms with Crippen LogP contribution in [0.2, 0.25) is 5.02 Å². The van der Waals surface area contributed by atoms with Crippen molar-refractivity contribution in [1.29, 1.82) is 0 Å². The van der Waals surface area contributed by atoms with Crippen LogP contribution in [0.5, 0.6) is 11.5 Å². The fourth-order valence-electron chi connectivity index (χ4n) is 2.57. The molecule has 2 heterocycles. The summed E-state index contributed by atoms with van der Waals surface area (Å²) in [6.07, 6.45) is 0. The number of hydrogen-bond acceptors (Lipinski definition) is 4. The van der Waals surface area contributed by atoms with Gasteiger partial charge in [-0.2, -0.15) is 0 Å². The number of pyridine rings is 1. The van der Waals surface area contributed by atoms with E-state index in [1.807, 2.05) is 43.3 Å². The number of halogens is 1. The first-order valence-electron chi connectivity index (χ1n) is 7.01. The van der Waals surface area contributed by atoms with Crippen molar-refractivity contribution >= 4 is 34.3 Å². The topological polar surface area (TPSA) is 51.3 Å². The minimum atomic E-state index is -0.117. The highest BCUT2D eigenvalue weighted by Gasteiger charge is 2.18. The van der Waals surface area contributed by atoms with Crippen LogP contribution < -0.4 is 15.0 Å². The summed E-state index contributed by atoms with van der Waals surface area (Å²) < 4.78 is 10.8. The largest absolute Gasteiger partial charge is 0.454 e. The molecule has 1 aliphatic rings. The van der Waals surface area contributed by atoms with Gasteiger partial charge in [0.1, 0.15) is 0 Å². The Kier molecular flexibility index (Phi) is 3.47. The molecule has 3 aromatic rings. The van der Waals surface area contributed by atoms with Gasteiger partial charge in [-0.15, -0.1) is 0 Å². The van der Waals surface area contributed by atoms with Crippen molar-refractivity contribution in [2.24, 2.45) is 0 Å². The summed E-state index contributed by atoms with van der Waals surface area (Å²) in [6.45, 7) is 2.15. The third-order valence-corrected chi connectivity index (χ3v) is 5.20. The normalized spacial score (nSPS) is 12.8. The van der Waals surface area contributed by atoms with Crippen molar-refractivity contribution < 1.29 is 9.47 Å². The van der Waals surface area contributed by atoms with Gasteiger partial charge in [0.05, 0.1) is 10.4 Å². The van der Waals surface area contributed by atoms with E-state index in [4.69, 9.17) is 21.1 Å². The van der Waals surface area contributed by atoms with E-state index in [2.05, 4.69) is 4.98 Å². The lowest BCUT2D eigenvalue weighted by Crippen LogP contribution is -2.10. The molecular weight excluding hydrogens is 334 g/mol. The highest BCUT2D eigenvalue weighted by atomic mass is 35.5. The molecule has 1 N–H and O–H groups in total. The van der Waals surface area contributed by atoms with Crippen LogP contribution in [0.4, 0.5) is 0 Å². The summed E-state index contributed by atoms with van der Waals surface area (Å²) in [5.41, 5.74) is 1.55. The molecule has 4 rings (SSSR count). The highest BCUT2D eigenvalue weighted by Crippen LogP contribution is 2.38. The van der Waals surface area contributed by atoms with Crippen LogP contribution in [0.3, 0.4) is 0 Å². The molecule has 23 heavy (non-hydrogen) atoms. The number of aryl methyl sites for hydroxylation is 1. The van der Waals surface area contributed by atoms with E-state index in [-0.39, 0.29) is 12.4 Å². The molecule has 0 aliphatic carbocycles. The Balaban J connectivity index is 1.85. The number of benzene rings is 2. The third-order valence-electron chi connectivity index (χ3n) is 3.75. The lowest BCUT2D eigenvalue weighted by Gasteiger charge is -2.09. The molecule has 0 unspecified atom stereocenters.